The number of aryl methyl sites for hydroxylation is 1. The highest BCUT2D eigenvalue weighted by Gasteiger charge is 2.24. The van der Waals surface area contributed by atoms with E-state index < -0.39 is 22.0 Å². The molecule has 0 aromatic heterocycles. The van der Waals surface area contributed by atoms with Crippen LogP contribution >= 0.6 is 11.6 Å². The number of halogens is 1. The van der Waals surface area contributed by atoms with Gasteiger partial charge in [-0.15, -0.1) is 0 Å². The smallest absolute Gasteiger partial charge is 0.242 e. The molecule has 1 unspecified atom stereocenters. The lowest BCUT2D eigenvalue weighted by Gasteiger charge is -2.15. The first-order valence-corrected chi connectivity index (χ1v) is 8.40. The maximum Gasteiger partial charge on any atom is 0.242 e. The molecular formula is C13H20ClN3O3S. The van der Waals surface area contributed by atoms with Gasteiger partial charge >= 0.3 is 0 Å². The van der Waals surface area contributed by atoms with Crippen molar-refractivity contribution < 1.29 is 13.2 Å². The third kappa shape index (κ3) is 4.59. The van der Waals surface area contributed by atoms with E-state index in [1.165, 1.54) is 19.1 Å². The number of carbonyl (C=O) groups excluding carboxylic acids is 1. The average molecular weight is 334 g/mol. The van der Waals surface area contributed by atoms with Crippen molar-refractivity contribution in [1.29, 1.82) is 0 Å². The zero-order valence-corrected chi connectivity index (χ0v) is 13.8. The summed E-state index contributed by atoms with van der Waals surface area (Å²) < 4.78 is 26.8. The minimum absolute atomic E-state index is 0.0652. The first-order valence-electron chi connectivity index (χ1n) is 6.54. The molecule has 0 saturated heterocycles. The van der Waals surface area contributed by atoms with E-state index in [0.29, 0.717) is 17.8 Å². The molecule has 0 aliphatic carbocycles. The Morgan fingerprint density at radius 2 is 2.05 bits per heavy atom. The third-order valence-corrected chi connectivity index (χ3v) is 4.89. The molecule has 0 radical (unpaired) electrons. The largest absolute Gasteiger partial charge is 0.398 e. The van der Waals surface area contributed by atoms with Crippen LogP contribution < -0.4 is 15.8 Å². The summed E-state index contributed by atoms with van der Waals surface area (Å²) in [5, 5.41) is 2.68. The van der Waals surface area contributed by atoms with Crippen LogP contribution in [0.2, 0.25) is 5.02 Å². The lowest BCUT2D eigenvalue weighted by atomic mass is 10.2. The van der Waals surface area contributed by atoms with E-state index in [9.17, 15) is 13.2 Å². The summed E-state index contributed by atoms with van der Waals surface area (Å²) in [6.45, 7) is 5.59. The van der Waals surface area contributed by atoms with Crippen LogP contribution in [0.25, 0.3) is 0 Å². The predicted molar refractivity (Wildman–Crippen MR) is 83.7 cm³/mol. The number of hydrogen-bond donors (Lipinski definition) is 3. The molecule has 1 rings (SSSR count). The Morgan fingerprint density at radius 3 is 2.62 bits per heavy atom. The molecule has 0 spiro atoms. The summed E-state index contributed by atoms with van der Waals surface area (Å²) in [4.78, 5) is 11.6. The molecule has 0 saturated carbocycles. The number of nitrogens with two attached hydrogens (primary N) is 1. The summed E-state index contributed by atoms with van der Waals surface area (Å²) in [6.07, 6.45) is 0.769. The molecule has 0 fully saturated rings. The molecule has 0 heterocycles. The molecule has 0 aliphatic rings. The molecule has 8 heteroatoms. The Hall–Kier alpha value is -1.31. The Balaban J connectivity index is 2.97. The fourth-order valence-electron chi connectivity index (χ4n) is 1.63. The Labute approximate surface area is 130 Å². The van der Waals surface area contributed by atoms with Crippen LogP contribution in [-0.4, -0.2) is 26.9 Å². The molecule has 0 bridgehead atoms. The molecule has 1 amide bonds. The highest BCUT2D eigenvalue weighted by Crippen LogP contribution is 2.26. The zero-order valence-electron chi connectivity index (χ0n) is 12.2. The number of hydrogen-bond acceptors (Lipinski definition) is 4. The van der Waals surface area contributed by atoms with Crippen molar-refractivity contribution in [3.8, 4) is 0 Å². The van der Waals surface area contributed by atoms with Gasteiger partial charge in [0.25, 0.3) is 0 Å². The van der Waals surface area contributed by atoms with Crippen molar-refractivity contribution in [2.45, 2.75) is 38.1 Å². The van der Waals surface area contributed by atoms with Crippen LogP contribution in [0, 0.1) is 6.92 Å². The van der Waals surface area contributed by atoms with Gasteiger partial charge in [0.1, 0.15) is 4.90 Å². The van der Waals surface area contributed by atoms with Crippen LogP contribution in [0.1, 0.15) is 25.8 Å². The lowest BCUT2D eigenvalue weighted by molar-refractivity contribution is -0.122. The summed E-state index contributed by atoms with van der Waals surface area (Å²) in [7, 11) is -3.92. The highest BCUT2D eigenvalue weighted by molar-refractivity contribution is 7.89. The zero-order chi connectivity index (χ0) is 16.2. The number of benzene rings is 1. The quantitative estimate of drug-likeness (QED) is 0.685. The summed E-state index contributed by atoms with van der Waals surface area (Å²) in [5.41, 5.74) is 6.72. The van der Waals surface area contributed by atoms with Gasteiger partial charge in [-0.05, 0) is 38.0 Å². The fraction of sp³-hybridized carbons (Fsp3) is 0.462. The van der Waals surface area contributed by atoms with Gasteiger partial charge in [0.2, 0.25) is 15.9 Å². The van der Waals surface area contributed by atoms with Gasteiger partial charge < -0.3 is 11.1 Å². The molecule has 21 heavy (non-hydrogen) atoms. The molecule has 4 N–H and O–H groups in total. The van der Waals surface area contributed by atoms with Crippen LogP contribution in [0.5, 0.6) is 0 Å². The Bertz CT molecular complexity index is 632. The van der Waals surface area contributed by atoms with Crippen molar-refractivity contribution in [2.24, 2.45) is 0 Å². The fourth-order valence-corrected chi connectivity index (χ4v) is 3.45. The van der Waals surface area contributed by atoms with Crippen molar-refractivity contribution >= 4 is 33.2 Å². The molecule has 118 valence electrons. The van der Waals surface area contributed by atoms with Crippen LogP contribution in [-0.2, 0) is 14.8 Å². The van der Waals surface area contributed by atoms with Crippen LogP contribution in [0.3, 0.4) is 0 Å². The number of amides is 1. The van der Waals surface area contributed by atoms with E-state index in [0.717, 1.165) is 6.42 Å². The predicted octanol–water partition coefficient (Wildman–Crippen LogP) is 1.42. The standard InChI is InChI=1S/C13H20ClN3O3S/c1-4-5-16-13(18)9(3)17-21(19,20)12-7-11(15)8(2)6-10(12)14/h6-7,9,17H,4-5,15H2,1-3H3,(H,16,18). The Morgan fingerprint density at radius 1 is 1.43 bits per heavy atom. The van der Waals surface area contributed by atoms with E-state index in [4.69, 9.17) is 17.3 Å². The monoisotopic (exact) mass is 333 g/mol. The third-order valence-electron chi connectivity index (χ3n) is 2.88. The molecule has 0 aliphatic heterocycles. The van der Waals surface area contributed by atoms with Gasteiger partial charge in [0, 0.05) is 12.2 Å². The minimum atomic E-state index is -3.92. The van der Waals surface area contributed by atoms with Crippen molar-refractivity contribution in [3.63, 3.8) is 0 Å². The van der Waals surface area contributed by atoms with Crippen LogP contribution in [0.4, 0.5) is 5.69 Å². The second kappa shape index (κ2) is 7.11. The maximum atomic E-state index is 12.3. The second-order valence-electron chi connectivity index (χ2n) is 4.77. The van der Waals surface area contributed by atoms with E-state index in [1.54, 1.807) is 6.92 Å². The SMILES string of the molecule is CCCNC(=O)C(C)NS(=O)(=O)c1cc(N)c(C)cc1Cl. The van der Waals surface area contributed by atoms with Gasteiger partial charge in [-0.1, -0.05) is 18.5 Å². The van der Waals surface area contributed by atoms with Gasteiger partial charge in [-0.25, -0.2) is 8.42 Å². The molecule has 6 nitrogen and oxygen atoms in total. The van der Waals surface area contributed by atoms with E-state index >= 15 is 0 Å². The van der Waals surface area contributed by atoms with Gasteiger partial charge in [0.05, 0.1) is 11.1 Å². The number of rotatable bonds is 6. The summed E-state index contributed by atoms with van der Waals surface area (Å²) in [5.74, 6) is -0.392. The minimum Gasteiger partial charge on any atom is -0.398 e. The van der Waals surface area contributed by atoms with E-state index in [1.807, 2.05) is 6.92 Å². The van der Waals surface area contributed by atoms with E-state index in [-0.39, 0.29) is 9.92 Å². The first kappa shape index (κ1) is 17.7. The normalized spacial score (nSPS) is 13.0. The lowest BCUT2D eigenvalue weighted by Crippen LogP contribution is -2.44. The number of carbonyl (C=O) groups is 1. The van der Waals surface area contributed by atoms with Gasteiger partial charge in [0.15, 0.2) is 0 Å². The van der Waals surface area contributed by atoms with Crippen molar-refractivity contribution in [2.75, 3.05) is 12.3 Å². The second-order valence-corrected chi connectivity index (χ2v) is 6.86. The topological polar surface area (TPSA) is 101 Å². The van der Waals surface area contributed by atoms with Crippen LogP contribution in [0.15, 0.2) is 17.0 Å². The molecule has 1 aromatic rings. The number of nitrogen functional groups attached to an aromatic ring is 1. The average Bonchev–Trinajstić information content (AvgIpc) is 2.39. The molecular weight excluding hydrogens is 314 g/mol. The molecule has 1 atom stereocenters. The molecule has 1 aromatic carbocycles. The van der Waals surface area contributed by atoms with Crippen molar-refractivity contribution in [1.82, 2.24) is 10.0 Å². The van der Waals surface area contributed by atoms with Gasteiger partial charge in [-0.3, -0.25) is 4.79 Å². The van der Waals surface area contributed by atoms with Crippen molar-refractivity contribution in [3.05, 3.63) is 22.7 Å². The number of anilines is 1. The Kier molecular flexibility index (Phi) is 6.00. The highest BCUT2D eigenvalue weighted by atomic mass is 35.5. The van der Waals surface area contributed by atoms with E-state index in [2.05, 4.69) is 10.0 Å². The summed E-state index contributed by atoms with van der Waals surface area (Å²) in [6, 6.07) is 1.87. The number of nitrogens with one attached hydrogen (secondary N) is 2. The maximum absolute atomic E-state index is 12.3. The first-order chi connectivity index (χ1) is 9.69. The summed E-state index contributed by atoms with van der Waals surface area (Å²) >= 11 is 5.96. The van der Waals surface area contributed by atoms with Gasteiger partial charge in [-0.2, -0.15) is 4.72 Å². The number of sulfonamides is 1.